The SMILES string of the molecule is CC(O)CC(C)N(C)C1CCC1. The van der Waals surface area contributed by atoms with E-state index in [9.17, 15) is 5.11 Å². The second kappa shape index (κ2) is 4.24. The fourth-order valence-electron chi connectivity index (χ4n) is 1.81. The smallest absolute Gasteiger partial charge is 0.0526 e. The van der Waals surface area contributed by atoms with Crippen LogP contribution in [0.2, 0.25) is 0 Å². The highest BCUT2D eigenvalue weighted by molar-refractivity contribution is 4.81. The fraction of sp³-hybridized carbons (Fsp3) is 1.00. The minimum absolute atomic E-state index is 0.164. The summed E-state index contributed by atoms with van der Waals surface area (Å²) in [6.45, 7) is 4.07. The maximum Gasteiger partial charge on any atom is 0.0526 e. The molecule has 0 spiro atoms. The molecule has 2 heteroatoms. The Labute approximate surface area is 75.6 Å². The van der Waals surface area contributed by atoms with Crippen molar-refractivity contribution in [3.05, 3.63) is 0 Å². The summed E-state index contributed by atoms with van der Waals surface area (Å²) >= 11 is 0. The molecule has 1 aliphatic carbocycles. The van der Waals surface area contributed by atoms with Crippen LogP contribution in [0.15, 0.2) is 0 Å². The lowest BCUT2D eigenvalue weighted by Gasteiger charge is -2.39. The predicted molar refractivity (Wildman–Crippen MR) is 51.2 cm³/mol. The lowest BCUT2D eigenvalue weighted by molar-refractivity contribution is 0.0790. The van der Waals surface area contributed by atoms with Crippen molar-refractivity contribution in [2.24, 2.45) is 0 Å². The van der Waals surface area contributed by atoms with Crippen molar-refractivity contribution in [1.82, 2.24) is 4.90 Å². The Morgan fingerprint density at radius 1 is 1.42 bits per heavy atom. The van der Waals surface area contributed by atoms with Crippen LogP contribution in [0.25, 0.3) is 0 Å². The van der Waals surface area contributed by atoms with Gasteiger partial charge in [-0.15, -0.1) is 0 Å². The molecule has 0 radical (unpaired) electrons. The molecule has 0 heterocycles. The summed E-state index contributed by atoms with van der Waals surface area (Å²) in [6.07, 6.45) is 4.81. The molecule has 12 heavy (non-hydrogen) atoms. The van der Waals surface area contributed by atoms with E-state index < -0.39 is 0 Å². The predicted octanol–water partition coefficient (Wildman–Crippen LogP) is 1.63. The van der Waals surface area contributed by atoms with Gasteiger partial charge in [0.25, 0.3) is 0 Å². The van der Waals surface area contributed by atoms with Gasteiger partial charge in [-0.1, -0.05) is 6.42 Å². The summed E-state index contributed by atoms with van der Waals surface area (Å²) in [5, 5.41) is 9.22. The summed E-state index contributed by atoms with van der Waals surface area (Å²) in [5.74, 6) is 0. The van der Waals surface area contributed by atoms with E-state index in [1.807, 2.05) is 6.92 Å². The first-order valence-corrected chi connectivity index (χ1v) is 5.01. The van der Waals surface area contributed by atoms with Crippen molar-refractivity contribution in [2.75, 3.05) is 7.05 Å². The van der Waals surface area contributed by atoms with Crippen molar-refractivity contribution in [3.63, 3.8) is 0 Å². The zero-order valence-corrected chi connectivity index (χ0v) is 8.45. The van der Waals surface area contributed by atoms with Crippen LogP contribution in [-0.2, 0) is 0 Å². The van der Waals surface area contributed by atoms with Gasteiger partial charge in [-0.25, -0.2) is 0 Å². The van der Waals surface area contributed by atoms with Crippen molar-refractivity contribution in [3.8, 4) is 0 Å². The maximum absolute atomic E-state index is 9.22. The van der Waals surface area contributed by atoms with Crippen LogP contribution in [0, 0.1) is 0 Å². The van der Waals surface area contributed by atoms with Crippen molar-refractivity contribution >= 4 is 0 Å². The molecular weight excluding hydrogens is 150 g/mol. The minimum Gasteiger partial charge on any atom is -0.393 e. The summed E-state index contributed by atoms with van der Waals surface area (Å²) in [5.41, 5.74) is 0. The lowest BCUT2D eigenvalue weighted by atomic mass is 9.90. The normalized spacial score (nSPS) is 23.8. The number of aliphatic hydroxyl groups excluding tert-OH is 1. The van der Waals surface area contributed by atoms with E-state index in [0.717, 1.165) is 12.5 Å². The van der Waals surface area contributed by atoms with Crippen LogP contribution in [0.5, 0.6) is 0 Å². The minimum atomic E-state index is -0.164. The standard InChI is InChI=1S/C10H21NO/c1-8(7-9(2)12)11(3)10-5-4-6-10/h8-10,12H,4-7H2,1-3H3. The molecule has 0 aromatic rings. The van der Waals surface area contributed by atoms with Gasteiger partial charge in [0.15, 0.2) is 0 Å². The maximum atomic E-state index is 9.22. The summed E-state index contributed by atoms with van der Waals surface area (Å²) in [7, 11) is 2.18. The van der Waals surface area contributed by atoms with Gasteiger partial charge in [0.2, 0.25) is 0 Å². The quantitative estimate of drug-likeness (QED) is 0.695. The Bertz CT molecular complexity index is 132. The molecule has 0 aliphatic heterocycles. The zero-order valence-electron chi connectivity index (χ0n) is 8.45. The zero-order chi connectivity index (χ0) is 9.14. The summed E-state index contributed by atoms with van der Waals surface area (Å²) in [6, 6.07) is 1.31. The molecule has 72 valence electrons. The van der Waals surface area contributed by atoms with Gasteiger partial charge in [0.05, 0.1) is 6.10 Å². The molecule has 2 nitrogen and oxygen atoms in total. The molecule has 0 bridgehead atoms. The van der Waals surface area contributed by atoms with Crippen molar-refractivity contribution < 1.29 is 5.11 Å². The first-order chi connectivity index (χ1) is 5.61. The molecule has 0 aromatic heterocycles. The molecule has 1 N–H and O–H groups in total. The topological polar surface area (TPSA) is 23.5 Å². The first-order valence-electron chi connectivity index (χ1n) is 5.01. The van der Waals surface area contributed by atoms with Crippen LogP contribution in [0.4, 0.5) is 0 Å². The van der Waals surface area contributed by atoms with Gasteiger partial charge in [-0.2, -0.15) is 0 Å². The Morgan fingerprint density at radius 3 is 2.33 bits per heavy atom. The third kappa shape index (κ3) is 2.46. The molecule has 1 fully saturated rings. The highest BCUT2D eigenvalue weighted by Gasteiger charge is 2.25. The van der Waals surface area contributed by atoms with E-state index in [4.69, 9.17) is 0 Å². The Kier molecular flexibility index (Phi) is 3.53. The van der Waals surface area contributed by atoms with Crippen LogP contribution >= 0.6 is 0 Å². The number of aliphatic hydroxyl groups is 1. The van der Waals surface area contributed by atoms with E-state index in [1.165, 1.54) is 19.3 Å². The van der Waals surface area contributed by atoms with E-state index in [2.05, 4.69) is 18.9 Å². The average Bonchev–Trinajstić information content (AvgIpc) is 1.81. The van der Waals surface area contributed by atoms with Crippen molar-refractivity contribution in [1.29, 1.82) is 0 Å². The third-order valence-electron chi connectivity index (χ3n) is 3.03. The number of nitrogens with zero attached hydrogens (tertiary/aromatic N) is 1. The van der Waals surface area contributed by atoms with Gasteiger partial charge in [0, 0.05) is 12.1 Å². The fourth-order valence-corrected chi connectivity index (χ4v) is 1.81. The molecule has 1 aliphatic rings. The Balaban J connectivity index is 2.24. The number of hydrogen-bond acceptors (Lipinski definition) is 2. The van der Waals surface area contributed by atoms with Gasteiger partial charge in [-0.05, 0) is 40.2 Å². The Hall–Kier alpha value is -0.0800. The first kappa shape index (κ1) is 10.0. The third-order valence-corrected chi connectivity index (χ3v) is 3.03. The molecule has 2 atom stereocenters. The molecule has 0 aromatic carbocycles. The van der Waals surface area contributed by atoms with Crippen LogP contribution in [0.3, 0.4) is 0 Å². The number of rotatable bonds is 4. The molecule has 1 saturated carbocycles. The molecular formula is C10H21NO. The average molecular weight is 171 g/mol. The molecule has 1 rings (SSSR count). The van der Waals surface area contributed by atoms with E-state index in [-0.39, 0.29) is 6.10 Å². The molecule has 0 amide bonds. The van der Waals surface area contributed by atoms with Crippen molar-refractivity contribution in [2.45, 2.75) is 57.7 Å². The Morgan fingerprint density at radius 2 is 2.00 bits per heavy atom. The summed E-state index contributed by atoms with van der Waals surface area (Å²) < 4.78 is 0. The monoisotopic (exact) mass is 171 g/mol. The lowest BCUT2D eigenvalue weighted by Crippen LogP contribution is -2.43. The van der Waals surface area contributed by atoms with E-state index in [0.29, 0.717) is 6.04 Å². The second-order valence-electron chi connectivity index (χ2n) is 4.18. The van der Waals surface area contributed by atoms with Gasteiger partial charge < -0.3 is 10.0 Å². The van der Waals surface area contributed by atoms with Crippen LogP contribution < -0.4 is 0 Å². The van der Waals surface area contributed by atoms with Gasteiger partial charge in [0.1, 0.15) is 0 Å². The summed E-state index contributed by atoms with van der Waals surface area (Å²) in [4.78, 5) is 2.41. The number of hydrogen-bond donors (Lipinski definition) is 1. The van der Waals surface area contributed by atoms with E-state index in [1.54, 1.807) is 0 Å². The second-order valence-corrected chi connectivity index (χ2v) is 4.18. The van der Waals surface area contributed by atoms with Gasteiger partial charge in [-0.3, -0.25) is 0 Å². The van der Waals surface area contributed by atoms with Gasteiger partial charge >= 0.3 is 0 Å². The highest BCUT2D eigenvalue weighted by Crippen LogP contribution is 2.25. The largest absolute Gasteiger partial charge is 0.393 e. The molecule has 0 saturated heterocycles. The highest BCUT2D eigenvalue weighted by atomic mass is 16.3. The van der Waals surface area contributed by atoms with Crippen LogP contribution in [-0.4, -0.2) is 35.2 Å². The van der Waals surface area contributed by atoms with Crippen LogP contribution in [0.1, 0.15) is 39.5 Å². The van der Waals surface area contributed by atoms with E-state index >= 15 is 0 Å². The molecule has 2 unspecified atom stereocenters.